The van der Waals surface area contributed by atoms with Crippen LogP contribution >= 0.6 is 11.6 Å². The van der Waals surface area contributed by atoms with E-state index in [-0.39, 0.29) is 18.1 Å². The van der Waals surface area contributed by atoms with Crippen molar-refractivity contribution < 1.29 is 5.11 Å². The zero-order valence-corrected chi connectivity index (χ0v) is 12.7. The predicted octanol–water partition coefficient (Wildman–Crippen LogP) is 1.28. The van der Waals surface area contributed by atoms with Crippen LogP contribution in [0.25, 0.3) is 0 Å². The number of aromatic nitrogens is 2. The number of imidazole rings is 1. The SMILES string of the molecule is O=c1[nH]cc(O)n1CC#Cc1c(Cl)ccc2c1CCNCC2. The molecule has 2 aromatic rings. The van der Waals surface area contributed by atoms with Gasteiger partial charge >= 0.3 is 5.69 Å². The number of nitrogens with one attached hydrogen (secondary N) is 2. The average Bonchev–Trinajstić information content (AvgIpc) is 2.71. The first-order chi connectivity index (χ1) is 10.7. The molecule has 1 aliphatic rings. The topological polar surface area (TPSA) is 70.0 Å². The van der Waals surface area contributed by atoms with Crippen LogP contribution in [0.5, 0.6) is 5.88 Å². The summed E-state index contributed by atoms with van der Waals surface area (Å²) in [5, 5.41) is 13.5. The first kappa shape index (κ1) is 14.8. The highest BCUT2D eigenvalue weighted by molar-refractivity contribution is 6.31. The Hall–Kier alpha value is -2.16. The van der Waals surface area contributed by atoms with Crippen molar-refractivity contribution in [2.45, 2.75) is 19.4 Å². The van der Waals surface area contributed by atoms with Crippen molar-refractivity contribution in [3.05, 3.63) is 50.5 Å². The van der Waals surface area contributed by atoms with Crippen molar-refractivity contribution in [3.8, 4) is 17.7 Å². The summed E-state index contributed by atoms with van der Waals surface area (Å²) in [6.07, 6.45) is 3.09. The standard InChI is InChI=1S/C16H16ClN3O2/c17-14-4-3-11-5-7-18-8-6-12(11)13(14)2-1-9-20-15(21)10-19-16(20)22/h3-4,10,18,21H,5-9H2,(H,19,22). The number of aromatic hydroxyl groups is 1. The van der Waals surface area contributed by atoms with Crippen molar-refractivity contribution in [1.82, 2.24) is 14.9 Å². The molecule has 1 aromatic carbocycles. The van der Waals surface area contributed by atoms with E-state index < -0.39 is 0 Å². The van der Waals surface area contributed by atoms with Crippen molar-refractivity contribution in [1.29, 1.82) is 0 Å². The number of H-pyrrole nitrogens is 1. The lowest BCUT2D eigenvalue weighted by Crippen LogP contribution is -2.16. The van der Waals surface area contributed by atoms with Crippen LogP contribution in [0, 0.1) is 11.8 Å². The first-order valence-corrected chi connectivity index (χ1v) is 7.51. The summed E-state index contributed by atoms with van der Waals surface area (Å²) in [6.45, 7) is 1.97. The zero-order valence-electron chi connectivity index (χ0n) is 11.9. The smallest absolute Gasteiger partial charge is 0.329 e. The van der Waals surface area contributed by atoms with Crippen molar-refractivity contribution >= 4 is 11.6 Å². The summed E-state index contributed by atoms with van der Waals surface area (Å²) in [5.41, 5.74) is 2.89. The molecule has 0 amide bonds. The second kappa shape index (κ2) is 6.30. The van der Waals surface area contributed by atoms with Gasteiger partial charge in [-0.1, -0.05) is 29.5 Å². The molecule has 3 rings (SSSR count). The normalized spacial score (nSPS) is 13.9. The molecule has 3 N–H and O–H groups in total. The van der Waals surface area contributed by atoms with E-state index in [1.54, 1.807) is 0 Å². The summed E-state index contributed by atoms with van der Waals surface area (Å²) in [7, 11) is 0. The number of halogens is 1. The second-order valence-corrected chi connectivity index (χ2v) is 5.56. The molecule has 0 unspecified atom stereocenters. The minimum atomic E-state index is -0.381. The fourth-order valence-corrected chi connectivity index (χ4v) is 2.85. The fraction of sp³-hybridized carbons (Fsp3) is 0.312. The molecule has 1 aliphatic heterocycles. The molecule has 5 nitrogen and oxygen atoms in total. The maximum atomic E-state index is 11.5. The molecular formula is C16H16ClN3O2. The van der Waals surface area contributed by atoms with Gasteiger partial charge in [0, 0.05) is 5.56 Å². The summed E-state index contributed by atoms with van der Waals surface area (Å²) in [5.74, 6) is 5.87. The minimum absolute atomic E-state index is 0.117. The molecular weight excluding hydrogens is 302 g/mol. The van der Waals surface area contributed by atoms with E-state index in [0.717, 1.165) is 31.5 Å². The predicted molar refractivity (Wildman–Crippen MR) is 85.3 cm³/mol. The van der Waals surface area contributed by atoms with Crippen LogP contribution in [0.2, 0.25) is 5.02 Å². The Bertz CT molecular complexity index is 811. The van der Waals surface area contributed by atoms with E-state index in [1.165, 1.54) is 21.9 Å². The number of rotatable bonds is 1. The number of benzene rings is 1. The minimum Gasteiger partial charge on any atom is -0.493 e. The van der Waals surface area contributed by atoms with Crippen molar-refractivity contribution in [2.75, 3.05) is 13.1 Å². The lowest BCUT2D eigenvalue weighted by molar-refractivity contribution is 0.424. The van der Waals surface area contributed by atoms with Gasteiger partial charge in [0.1, 0.15) is 0 Å². The third-order valence-electron chi connectivity index (χ3n) is 3.78. The van der Waals surface area contributed by atoms with Gasteiger partial charge in [0.25, 0.3) is 0 Å². The van der Waals surface area contributed by atoms with Gasteiger partial charge < -0.3 is 15.4 Å². The second-order valence-electron chi connectivity index (χ2n) is 5.15. The van der Waals surface area contributed by atoms with E-state index in [1.807, 2.05) is 6.07 Å². The van der Waals surface area contributed by atoms with Gasteiger partial charge in [-0.25, -0.2) is 4.79 Å². The van der Waals surface area contributed by atoms with E-state index in [0.29, 0.717) is 5.02 Å². The molecule has 0 aliphatic carbocycles. The van der Waals surface area contributed by atoms with Crippen molar-refractivity contribution in [2.24, 2.45) is 0 Å². The van der Waals surface area contributed by atoms with Crippen LogP contribution in [0.1, 0.15) is 16.7 Å². The van der Waals surface area contributed by atoms with Gasteiger partial charge in [0.05, 0.1) is 17.8 Å². The molecule has 1 aromatic heterocycles. The molecule has 6 heteroatoms. The van der Waals surface area contributed by atoms with Crippen LogP contribution < -0.4 is 11.0 Å². The molecule has 0 radical (unpaired) electrons. The Kier molecular flexibility index (Phi) is 4.23. The molecule has 22 heavy (non-hydrogen) atoms. The molecule has 114 valence electrons. The molecule has 0 saturated heterocycles. The Morgan fingerprint density at radius 1 is 1.32 bits per heavy atom. The molecule has 0 saturated carbocycles. The van der Waals surface area contributed by atoms with Crippen LogP contribution in [-0.4, -0.2) is 27.7 Å². The number of hydrogen-bond donors (Lipinski definition) is 3. The molecule has 2 heterocycles. The largest absolute Gasteiger partial charge is 0.493 e. The van der Waals surface area contributed by atoms with Crippen LogP contribution in [0.3, 0.4) is 0 Å². The van der Waals surface area contributed by atoms with E-state index in [9.17, 15) is 9.90 Å². The maximum absolute atomic E-state index is 11.5. The van der Waals surface area contributed by atoms with Crippen LogP contribution in [0.4, 0.5) is 0 Å². The van der Waals surface area contributed by atoms with Gasteiger partial charge in [-0.15, -0.1) is 0 Å². The third-order valence-corrected chi connectivity index (χ3v) is 4.09. The highest BCUT2D eigenvalue weighted by Gasteiger charge is 2.13. The van der Waals surface area contributed by atoms with Crippen LogP contribution in [0.15, 0.2) is 23.1 Å². The summed E-state index contributed by atoms with van der Waals surface area (Å²) in [4.78, 5) is 13.9. The maximum Gasteiger partial charge on any atom is 0.329 e. The quantitative estimate of drug-likeness (QED) is 0.694. The van der Waals surface area contributed by atoms with Gasteiger partial charge in [0.2, 0.25) is 5.88 Å². The highest BCUT2D eigenvalue weighted by Crippen LogP contribution is 2.24. The Labute approximate surface area is 132 Å². The lowest BCUT2D eigenvalue weighted by Gasteiger charge is -2.09. The molecule has 0 spiro atoms. The number of aromatic amines is 1. The van der Waals surface area contributed by atoms with Gasteiger partial charge in [0.15, 0.2) is 0 Å². The number of nitrogens with zero attached hydrogens (tertiary/aromatic N) is 1. The molecule has 0 bridgehead atoms. The zero-order chi connectivity index (χ0) is 15.5. The third kappa shape index (κ3) is 2.89. The highest BCUT2D eigenvalue weighted by atomic mass is 35.5. The average molecular weight is 318 g/mol. The summed E-state index contributed by atoms with van der Waals surface area (Å²) in [6, 6.07) is 3.92. The monoisotopic (exact) mass is 317 g/mol. The molecule has 0 fully saturated rings. The Morgan fingerprint density at radius 2 is 2.14 bits per heavy atom. The summed E-state index contributed by atoms with van der Waals surface area (Å²) < 4.78 is 1.17. The van der Waals surface area contributed by atoms with Gasteiger partial charge in [-0.2, -0.15) is 0 Å². The number of hydrogen-bond acceptors (Lipinski definition) is 3. The van der Waals surface area contributed by atoms with E-state index in [4.69, 9.17) is 11.6 Å². The van der Waals surface area contributed by atoms with Crippen molar-refractivity contribution in [3.63, 3.8) is 0 Å². The van der Waals surface area contributed by atoms with Gasteiger partial charge in [-0.05, 0) is 43.1 Å². The summed E-state index contributed by atoms with van der Waals surface area (Å²) >= 11 is 6.29. The fourth-order valence-electron chi connectivity index (χ4n) is 2.62. The van der Waals surface area contributed by atoms with Crippen LogP contribution in [-0.2, 0) is 19.4 Å². The van der Waals surface area contributed by atoms with E-state index in [2.05, 4.69) is 28.2 Å². The lowest BCUT2D eigenvalue weighted by atomic mass is 9.97. The first-order valence-electron chi connectivity index (χ1n) is 7.14. The van der Waals surface area contributed by atoms with E-state index >= 15 is 0 Å². The number of fused-ring (bicyclic) bond motifs is 1. The molecule has 0 atom stereocenters. The van der Waals surface area contributed by atoms with Gasteiger partial charge in [-0.3, -0.25) is 4.57 Å². The Morgan fingerprint density at radius 3 is 2.91 bits per heavy atom. The Balaban J connectivity index is 1.93.